The van der Waals surface area contributed by atoms with Gasteiger partial charge < -0.3 is 0 Å². The molecule has 0 aromatic heterocycles. The first-order valence-corrected chi connectivity index (χ1v) is 4.32. The van der Waals surface area contributed by atoms with Crippen molar-refractivity contribution in [3.8, 4) is 0 Å². The molecule has 4 heteroatoms. The summed E-state index contributed by atoms with van der Waals surface area (Å²) in [5.74, 6) is -0.602. The lowest BCUT2D eigenvalue weighted by Crippen LogP contribution is -1.80. The summed E-state index contributed by atoms with van der Waals surface area (Å²) < 4.78 is 0. The van der Waals surface area contributed by atoms with Gasteiger partial charge in [-0.3, -0.25) is 4.79 Å². The molecule has 1 aromatic carbocycles. The number of benzene rings is 1. The van der Waals surface area contributed by atoms with Crippen LogP contribution in [0.3, 0.4) is 0 Å². The van der Waals surface area contributed by atoms with Crippen molar-refractivity contribution in [3.63, 3.8) is 0 Å². The van der Waals surface area contributed by atoms with Crippen molar-refractivity contribution in [1.82, 2.24) is 0 Å². The average Bonchev–Trinajstić information content (AvgIpc) is 2.26. The third-order valence-corrected chi connectivity index (χ3v) is 1.58. The lowest BCUT2D eigenvalue weighted by Gasteiger charge is -1.87. The van der Waals surface area contributed by atoms with Crippen molar-refractivity contribution in [2.24, 2.45) is 5.11 Å². The Morgan fingerprint density at radius 3 is 2.67 bits per heavy atom. The van der Waals surface area contributed by atoms with Crippen LogP contribution >= 0.6 is 0 Å². The number of hydrogen-bond acceptors (Lipinski definition) is 1. The van der Waals surface area contributed by atoms with Gasteiger partial charge in [0.2, 0.25) is 5.91 Å². The molecule has 0 aliphatic rings. The summed E-state index contributed by atoms with van der Waals surface area (Å²) in [4.78, 5) is 13.1. The zero-order valence-electron chi connectivity index (χ0n) is 7.95. The summed E-state index contributed by atoms with van der Waals surface area (Å²) in [6, 6.07) is 9.67. The van der Waals surface area contributed by atoms with Gasteiger partial charge in [-0.1, -0.05) is 48.6 Å². The molecule has 15 heavy (non-hydrogen) atoms. The monoisotopic (exact) mass is 199 g/mol. The molecule has 0 aliphatic heterocycles. The van der Waals surface area contributed by atoms with Gasteiger partial charge in [0.25, 0.3) is 0 Å². The Kier molecular flexibility index (Phi) is 4.43. The second kappa shape index (κ2) is 6.18. The molecule has 0 fully saturated rings. The molecule has 0 heterocycles. The molecular formula is C11H9N3O. The van der Waals surface area contributed by atoms with Crippen molar-refractivity contribution in [1.29, 1.82) is 0 Å². The summed E-state index contributed by atoms with van der Waals surface area (Å²) in [6.07, 6.45) is 6.29. The number of rotatable bonds is 3. The Hall–Kier alpha value is -2.32. The lowest BCUT2D eigenvalue weighted by molar-refractivity contribution is -0.113. The van der Waals surface area contributed by atoms with Crippen LogP contribution in [0.15, 0.2) is 53.7 Å². The molecule has 1 rings (SSSR count). The summed E-state index contributed by atoms with van der Waals surface area (Å²) in [5, 5.41) is 2.89. The van der Waals surface area contributed by atoms with Crippen LogP contribution in [0.1, 0.15) is 5.56 Å². The maximum absolute atomic E-state index is 10.7. The number of carbonyl (C=O) groups is 1. The highest BCUT2D eigenvalue weighted by Crippen LogP contribution is 2.00. The Morgan fingerprint density at radius 2 is 2.00 bits per heavy atom. The van der Waals surface area contributed by atoms with E-state index in [-0.39, 0.29) is 0 Å². The highest BCUT2D eigenvalue weighted by molar-refractivity contribution is 5.88. The summed E-state index contributed by atoms with van der Waals surface area (Å²) in [5.41, 5.74) is 9.00. The van der Waals surface area contributed by atoms with Gasteiger partial charge in [-0.15, -0.1) is 0 Å². The predicted octanol–water partition coefficient (Wildman–Crippen LogP) is 3.09. The van der Waals surface area contributed by atoms with Gasteiger partial charge in [0.15, 0.2) is 0 Å². The van der Waals surface area contributed by atoms with Crippen LogP contribution in [0.2, 0.25) is 0 Å². The third kappa shape index (κ3) is 4.45. The van der Waals surface area contributed by atoms with Gasteiger partial charge in [0.1, 0.15) is 0 Å². The molecular weight excluding hydrogens is 190 g/mol. The van der Waals surface area contributed by atoms with E-state index in [1.807, 2.05) is 36.4 Å². The smallest absolute Gasteiger partial charge is 0.241 e. The van der Waals surface area contributed by atoms with E-state index in [1.165, 1.54) is 12.2 Å². The molecule has 0 saturated carbocycles. The quantitative estimate of drug-likeness (QED) is 0.242. The second-order valence-corrected chi connectivity index (χ2v) is 2.66. The van der Waals surface area contributed by atoms with E-state index in [0.717, 1.165) is 5.56 Å². The number of nitrogens with zero attached hydrogens (tertiary/aromatic N) is 3. The van der Waals surface area contributed by atoms with E-state index in [2.05, 4.69) is 10.0 Å². The fraction of sp³-hybridized carbons (Fsp3) is 0. The molecule has 1 amide bonds. The minimum absolute atomic E-state index is 0.602. The summed E-state index contributed by atoms with van der Waals surface area (Å²) in [7, 11) is 0. The molecule has 1 aromatic rings. The Balaban J connectivity index is 2.54. The highest BCUT2D eigenvalue weighted by atomic mass is 16.1. The largest absolute Gasteiger partial charge is 0.288 e. The molecule has 0 aliphatic carbocycles. The van der Waals surface area contributed by atoms with Crippen LogP contribution in [-0.4, -0.2) is 5.91 Å². The highest BCUT2D eigenvalue weighted by Gasteiger charge is 1.85. The maximum atomic E-state index is 10.7. The number of carbonyl (C=O) groups excluding carboxylic acids is 1. The fourth-order valence-electron chi connectivity index (χ4n) is 0.946. The lowest BCUT2D eigenvalue weighted by atomic mass is 10.2. The van der Waals surface area contributed by atoms with Crippen LogP contribution in [0, 0.1) is 0 Å². The second-order valence-electron chi connectivity index (χ2n) is 2.66. The van der Waals surface area contributed by atoms with Gasteiger partial charge in [-0.25, -0.2) is 0 Å². The number of allylic oxidation sites excluding steroid dienone is 2. The molecule has 0 spiro atoms. The first kappa shape index (κ1) is 10.8. The third-order valence-electron chi connectivity index (χ3n) is 1.58. The van der Waals surface area contributed by atoms with E-state index in [0.29, 0.717) is 0 Å². The number of amides is 1. The van der Waals surface area contributed by atoms with E-state index < -0.39 is 5.91 Å². The molecule has 4 nitrogen and oxygen atoms in total. The van der Waals surface area contributed by atoms with Crippen molar-refractivity contribution in [3.05, 3.63) is 64.6 Å². The normalized spacial score (nSPS) is 10.4. The zero-order valence-corrected chi connectivity index (χ0v) is 7.95. The van der Waals surface area contributed by atoms with Gasteiger partial charge >= 0.3 is 0 Å². The van der Waals surface area contributed by atoms with E-state index >= 15 is 0 Å². The van der Waals surface area contributed by atoms with E-state index in [1.54, 1.807) is 6.08 Å². The first-order valence-electron chi connectivity index (χ1n) is 4.32. The van der Waals surface area contributed by atoms with Crippen LogP contribution in [0.4, 0.5) is 0 Å². The van der Waals surface area contributed by atoms with E-state index in [9.17, 15) is 4.79 Å². The first-order chi connectivity index (χ1) is 7.33. The minimum Gasteiger partial charge on any atom is -0.288 e. The van der Waals surface area contributed by atoms with Gasteiger partial charge in [0, 0.05) is 4.91 Å². The topological polar surface area (TPSA) is 65.8 Å². The molecule has 0 unspecified atom stereocenters. The molecule has 0 radical (unpaired) electrons. The van der Waals surface area contributed by atoms with Gasteiger partial charge in [0.05, 0.1) is 0 Å². The SMILES string of the molecule is [N-]=[N+]=NC(=O)C=CC=Cc1ccccc1. The van der Waals surface area contributed by atoms with Crippen LogP contribution < -0.4 is 0 Å². The summed E-state index contributed by atoms with van der Waals surface area (Å²) >= 11 is 0. The number of azide groups is 1. The molecule has 0 atom stereocenters. The predicted molar refractivity (Wildman–Crippen MR) is 58.8 cm³/mol. The average molecular weight is 199 g/mol. The van der Waals surface area contributed by atoms with Gasteiger partial charge in [-0.05, 0) is 22.3 Å². The standard InChI is InChI=1S/C11H9N3O/c12-14-13-11(15)9-5-4-8-10-6-2-1-3-7-10/h1-9H. The number of hydrogen-bond donors (Lipinski definition) is 0. The van der Waals surface area contributed by atoms with Gasteiger partial charge in [-0.2, -0.15) is 0 Å². The molecule has 0 saturated heterocycles. The van der Waals surface area contributed by atoms with Crippen LogP contribution in [0.25, 0.3) is 16.5 Å². The van der Waals surface area contributed by atoms with Crippen molar-refractivity contribution in [2.75, 3.05) is 0 Å². The van der Waals surface area contributed by atoms with Crippen molar-refractivity contribution in [2.45, 2.75) is 0 Å². The van der Waals surface area contributed by atoms with Crippen LogP contribution in [0.5, 0.6) is 0 Å². The Bertz CT molecular complexity index is 428. The maximum Gasteiger partial charge on any atom is 0.241 e. The molecule has 0 bridgehead atoms. The molecule has 0 N–H and O–H groups in total. The minimum atomic E-state index is -0.602. The zero-order chi connectivity index (χ0) is 10.9. The van der Waals surface area contributed by atoms with Crippen molar-refractivity contribution < 1.29 is 4.79 Å². The molecule has 74 valence electrons. The van der Waals surface area contributed by atoms with Crippen LogP contribution in [-0.2, 0) is 4.79 Å². The Morgan fingerprint density at radius 1 is 1.27 bits per heavy atom. The Labute approximate surface area is 87.2 Å². The summed E-state index contributed by atoms with van der Waals surface area (Å²) in [6.45, 7) is 0. The van der Waals surface area contributed by atoms with E-state index in [4.69, 9.17) is 5.53 Å². The van der Waals surface area contributed by atoms with Crippen molar-refractivity contribution >= 4 is 12.0 Å². The fourth-order valence-corrected chi connectivity index (χ4v) is 0.946.